The van der Waals surface area contributed by atoms with Crippen molar-refractivity contribution in [3.63, 3.8) is 0 Å². The predicted octanol–water partition coefficient (Wildman–Crippen LogP) is 4.30. The molecule has 92 valence electrons. The number of rotatable bonds is 3. The molecule has 17 heavy (non-hydrogen) atoms. The van der Waals surface area contributed by atoms with Gasteiger partial charge in [-0.1, -0.05) is 29.3 Å². The molecular weight excluding hydrogens is 253 g/mol. The van der Waals surface area contributed by atoms with Crippen LogP contribution in [0.25, 0.3) is 0 Å². The highest BCUT2D eigenvalue weighted by Gasteiger charge is 2.48. The molecule has 2 fully saturated rings. The zero-order valence-electron chi connectivity index (χ0n) is 9.92. The van der Waals surface area contributed by atoms with Crippen molar-refractivity contribution in [2.24, 2.45) is 17.8 Å². The molecule has 3 rings (SSSR count). The molecule has 1 aromatic carbocycles. The maximum absolute atomic E-state index is 6.30. The molecule has 0 bridgehead atoms. The Kier molecular flexibility index (Phi) is 3.10. The lowest BCUT2D eigenvalue weighted by atomic mass is 9.89. The van der Waals surface area contributed by atoms with Crippen molar-refractivity contribution in [3.8, 4) is 0 Å². The molecule has 3 atom stereocenters. The average molecular weight is 270 g/mol. The highest BCUT2D eigenvalue weighted by Crippen LogP contribution is 2.57. The van der Waals surface area contributed by atoms with Crippen molar-refractivity contribution in [3.05, 3.63) is 33.8 Å². The summed E-state index contributed by atoms with van der Waals surface area (Å²) >= 11 is 12.3. The maximum atomic E-state index is 6.30. The second-order valence-electron chi connectivity index (χ2n) is 5.42. The minimum Gasteiger partial charge on any atom is -0.313 e. The molecule has 3 unspecified atom stereocenters. The van der Waals surface area contributed by atoms with Crippen LogP contribution in [0.2, 0.25) is 10.0 Å². The fraction of sp³-hybridized carbons (Fsp3) is 0.571. The Balaban J connectivity index is 1.84. The summed E-state index contributed by atoms with van der Waals surface area (Å²) in [6.07, 6.45) is 4.17. The smallest absolute Gasteiger partial charge is 0.0468 e. The van der Waals surface area contributed by atoms with Crippen LogP contribution in [0.3, 0.4) is 0 Å². The molecule has 0 amide bonds. The minimum absolute atomic E-state index is 0.382. The van der Waals surface area contributed by atoms with E-state index in [0.717, 1.165) is 22.8 Å². The molecule has 0 aliphatic heterocycles. The first-order valence-electron chi connectivity index (χ1n) is 6.31. The SMILES string of the molecule is CNC(c1ccc(Cl)cc1Cl)C1CC2CC2C1. The first-order valence-corrected chi connectivity index (χ1v) is 7.07. The standard InChI is InChI=1S/C14H17Cl2N/c1-17-14(10-5-8-4-9(8)6-10)12-3-2-11(15)7-13(12)16/h2-3,7-10,14,17H,4-6H2,1H3. The van der Waals surface area contributed by atoms with Gasteiger partial charge in [0, 0.05) is 16.1 Å². The number of hydrogen-bond donors (Lipinski definition) is 1. The van der Waals surface area contributed by atoms with Gasteiger partial charge in [-0.3, -0.25) is 0 Å². The van der Waals surface area contributed by atoms with Gasteiger partial charge in [0.25, 0.3) is 0 Å². The van der Waals surface area contributed by atoms with Crippen LogP contribution < -0.4 is 5.32 Å². The molecule has 2 saturated carbocycles. The van der Waals surface area contributed by atoms with Gasteiger partial charge >= 0.3 is 0 Å². The molecule has 0 heterocycles. The molecule has 1 nitrogen and oxygen atoms in total. The molecule has 0 aromatic heterocycles. The Morgan fingerprint density at radius 3 is 2.47 bits per heavy atom. The van der Waals surface area contributed by atoms with Gasteiger partial charge in [-0.15, -0.1) is 0 Å². The van der Waals surface area contributed by atoms with Crippen LogP contribution in [0.5, 0.6) is 0 Å². The van der Waals surface area contributed by atoms with E-state index in [2.05, 4.69) is 11.4 Å². The topological polar surface area (TPSA) is 12.0 Å². The number of nitrogens with one attached hydrogen (secondary N) is 1. The van der Waals surface area contributed by atoms with Crippen molar-refractivity contribution < 1.29 is 0 Å². The lowest BCUT2D eigenvalue weighted by Gasteiger charge is -2.25. The Hall–Kier alpha value is -0.240. The van der Waals surface area contributed by atoms with Crippen molar-refractivity contribution >= 4 is 23.2 Å². The van der Waals surface area contributed by atoms with Gasteiger partial charge in [0.1, 0.15) is 0 Å². The summed E-state index contributed by atoms with van der Waals surface area (Å²) in [5.74, 6) is 2.74. The molecule has 2 aliphatic carbocycles. The Bertz CT molecular complexity index is 422. The van der Waals surface area contributed by atoms with E-state index in [9.17, 15) is 0 Å². The van der Waals surface area contributed by atoms with E-state index < -0.39 is 0 Å². The maximum Gasteiger partial charge on any atom is 0.0468 e. The molecule has 2 aliphatic rings. The van der Waals surface area contributed by atoms with Crippen LogP contribution >= 0.6 is 23.2 Å². The summed E-state index contributed by atoms with van der Waals surface area (Å²) in [5, 5.41) is 4.93. The molecule has 3 heteroatoms. The first kappa shape index (κ1) is 11.8. The summed E-state index contributed by atoms with van der Waals surface area (Å²) in [7, 11) is 2.03. The lowest BCUT2D eigenvalue weighted by Crippen LogP contribution is -2.24. The molecule has 0 saturated heterocycles. The number of fused-ring (bicyclic) bond motifs is 1. The first-order chi connectivity index (χ1) is 8.19. The van der Waals surface area contributed by atoms with E-state index in [1.54, 1.807) is 0 Å². The van der Waals surface area contributed by atoms with Gasteiger partial charge in [-0.25, -0.2) is 0 Å². The van der Waals surface area contributed by atoms with Crippen molar-refractivity contribution in [1.29, 1.82) is 0 Å². The second-order valence-corrected chi connectivity index (χ2v) is 6.26. The Morgan fingerprint density at radius 1 is 1.18 bits per heavy atom. The van der Waals surface area contributed by atoms with Gasteiger partial charge in [0.2, 0.25) is 0 Å². The molecular formula is C14H17Cl2N. The predicted molar refractivity (Wildman–Crippen MR) is 72.6 cm³/mol. The summed E-state index contributed by atoms with van der Waals surface area (Å²) in [6, 6.07) is 6.23. The lowest BCUT2D eigenvalue weighted by molar-refractivity contribution is 0.359. The van der Waals surface area contributed by atoms with Gasteiger partial charge in [0.15, 0.2) is 0 Å². The number of hydrogen-bond acceptors (Lipinski definition) is 1. The normalized spacial score (nSPS) is 32.3. The second kappa shape index (κ2) is 4.46. The summed E-state index contributed by atoms with van der Waals surface area (Å²) in [6.45, 7) is 0. The average Bonchev–Trinajstić information content (AvgIpc) is 2.90. The quantitative estimate of drug-likeness (QED) is 0.863. The van der Waals surface area contributed by atoms with Crippen LogP contribution in [-0.4, -0.2) is 7.05 Å². The van der Waals surface area contributed by atoms with Gasteiger partial charge in [0.05, 0.1) is 0 Å². The highest BCUT2D eigenvalue weighted by atomic mass is 35.5. The molecule has 1 aromatic rings. The van der Waals surface area contributed by atoms with Crippen LogP contribution in [0.1, 0.15) is 30.9 Å². The van der Waals surface area contributed by atoms with Gasteiger partial charge in [-0.05, 0) is 61.8 Å². The van der Waals surface area contributed by atoms with E-state index in [-0.39, 0.29) is 0 Å². The summed E-state index contributed by atoms with van der Waals surface area (Å²) in [5.41, 5.74) is 1.20. The summed E-state index contributed by atoms with van der Waals surface area (Å²) < 4.78 is 0. The van der Waals surface area contributed by atoms with E-state index >= 15 is 0 Å². The van der Waals surface area contributed by atoms with Gasteiger partial charge in [-0.2, -0.15) is 0 Å². The number of halogens is 2. The van der Waals surface area contributed by atoms with E-state index in [1.807, 2.05) is 19.2 Å². The highest BCUT2D eigenvalue weighted by molar-refractivity contribution is 6.35. The summed E-state index contributed by atoms with van der Waals surface area (Å²) in [4.78, 5) is 0. The fourth-order valence-electron chi connectivity index (χ4n) is 3.43. The van der Waals surface area contributed by atoms with Gasteiger partial charge < -0.3 is 5.32 Å². The Labute approximate surface area is 112 Å². The molecule has 1 N–H and O–H groups in total. The fourth-order valence-corrected chi connectivity index (χ4v) is 3.96. The minimum atomic E-state index is 0.382. The third-order valence-corrected chi connectivity index (χ3v) is 4.92. The van der Waals surface area contributed by atoms with Crippen molar-refractivity contribution in [1.82, 2.24) is 5.32 Å². The van der Waals surface area contributed by atoms with Crippen LogP contribution in [0.4, 0.5) is 0 Å². The van der Waals surface area contributed by atoms with Crippen molar-refractivity contribution in [2.45, 2.75) is 25.3 Å². The van der Waals surface area contributed by atoms with Crippen molar-refractivity contribution in [2.75, 3.05) is 7.05 Å². The monoisotopic (exact) mass is 269 g/mol. The third-order valence-electron chi connectivity index (χ3n) is 4.36. The zero-order valence-corrected chi connectivity index (χ0v) is 11.4. The zero-order chi connectivity index (χ0) is 12.0. The van der Waals surface area contributed by atoms with E-state index in [4.69, 9.17) is 23.2 Å². The number of benzene rings is 1. The van der Waals surface area contributed by atoms with Crippen LogP contribution in [-0.2, 0) is 0 Å². The van der Waals surface area contributed by atoms with Crippen LogP contribution in [0.15, 0.2) is 18.2 Å². The van der Waals surface area contributed by atoms with Crippen LogP contribution in [0, 0.1) is 17.8 Å². The van der Waals surface area contributed by atoms with E-state index in [1.165, 1.54) is 24.8 Å². The third kappa shape index (κ3) is 2.21. The molecule has 0 radical (unpaired) electrons. The largest absolute Gasteiger partial charge is 0.313 e. The Morgan fingerprint density at radius 2 is 1.88 bits per heavy atom. The van der Waals surface area contributed by atoms with E-state index in [0.29, 0.717) is 11.1 Å². The molecule has 0 spiro atoms.